The Morgan fingerprint density at radius 2 is 1.70 bits per heavy atom. The number of hydrogen-bond donors (Lipinski definition) is 2. The standard InChI is InChI=1S/C23H28N2O5/c1-5-24-22(28)16-9-8-10-17(13-16)25-20(26)14-30-21(27)15-29-19-12-7-6-11-18(19)23(2,3)4/h6-13H,5,14-15H2,1-4H3,(H,24,28)(H,25,26). The topological polar surface area (TPSA) is 93.7 Å². The number of esters is 1. The van der Waals surface area contributed by atoms with E-state index in [9.17, 15) is 14.4 Å². The summed E-state index contributed by atoms with van der Waals surface area (Å²) < 4.78 is 10.6. The number of benzene rings is 2. The first-order valence-corrected chi connectivity index (χ1v) is 9.76. The predicted octanol–water partition coefficient (Wildman–Crippen LogP) is 3.29. The molecule has 2 N–H and O–H groups in total. The second-order valence-electron chi connectivity index (χ2n) is 7.68. The van der Waals surface area contributed by atoms with E-state index in [-0.39, 0.29) is 17.9 Å². The van der Waals surface area contributed by atoms with E-state index in [1.54, 1.807) is 30.3 Å². The molecule has 0 aliphatic carbocycles. The van der Waals surface area contributed by atoms with Gasteiger partial charge in [-0.1, -0.05) is 45.0 Å². The molecule has 0 aliphatic rings. The molecule has 0 spiro atoms. The number of hydrogen-bond acceptors (Lipinski definition) is 5. The summed E-state index contributed by atoms with van der Waals surface area (Å²) in [5.41, 5.74) is 1.71. The highest BCUT2D eigenvalue weighted by Gasteiger charge is 2.19. The zero-order valence-corrected chi connectivity index (χ0v) is 17.8. The molecule has 0 radical (unpaired) electrons. The van der Waals surface area contributed by atoms with Crippen LogP contribution in [0.25, 0.3) is 0 Å². The van der Waals surface area contributed by atoms with Gasteiger partial charge in [-0.3, -0.25) is 9.59 Å². The van der Waals surface area contributed by atoms with Gasteiger partial charge in [0.1, 0.15) is 5.75 Å². The fourth-order valence-electron chi connectivity index (χ4n) is 2.73. The molecule has 2 rings (SSSR count). The van der Waals surface area contributed by atoms with E-state index < -0.39 is 18.5 Å². The number of nitrogens with one attached hydrogen (secondary N) is 2. The van der Waals surface area contributed by atoms with Crippen LogP contribution < -0.4 is 15.4 Å². The monoisotopic (exact) mass is 412 g/mol. The minimum atomic E-state index is -0.648. The lowest BCUT2D eigenvalue weighted by Gasteiger charge is -2.22. The Morgan fingerprint density at radius 1 is 0.967 bits per heavy atom. The average molecular weight is 412 g/mol. The van der Waals surface area contributed by atoms with Crippen molar-refractivity contribution in [1.29, 1.82) is 0 Å². The number of carbonyl (C=O) groups excluding carboxylic acids is 3. The third-order valence-corrected chi connectivity index (χ3v) is 4.15. The van der Waals surface area contributed by atoms with Gasteiger partial charge in [0.2, 0.25) is 0 Å². The summed E-state index contributed by atoms with van der Waals surface area (Å²) in [4.78, 5) is 35.9. The Balaban J connectivity index is 1.84. The summed E-state index contributed by atoms with van der Waals surface area (Å²) in [6.45, 7) is 7.74. The molecular formula is C23H28N2O5. The van der Waals surface area contributed by atoms with E-state index in [0.29, 0.717) is 23.5 Å². The second kappa shape index (κ2) is 10.4. The van der Waals surface area contributed by atoms with E-state index in [1.807, 2.05) is 25.1 Å². The summed E-state index contributed by atoms with van der Waals surface area (Å²) in [5, 5.41) is 5.29. The maximum Gasteiger partial charge on any atom is 0.344 e. The van der Waals surface area contributed by atoms with E-state index in [1.165, 1.54) is 0 Å². The van der Waals surface area contributed by atoms with Crippen LogP contribution in [-0.4, -0.2) is 37.5 Å². The fraction of sp³-hybridized carbons (Fsp3) is 0.348. The Morgan fingerprint density at radius 3 is 2.40 bits per heavy atom. The molecule has 7 nitrogen and oxygen atoms in total. The molecule has 0 bridgehead atoms. The van der Waals surface area contributed by atoms with Crippen LogP contribution in [0.4, 0.5) is 5.69 Å². The summed E-state index contributed by atoms with van der Waals surface area (Å²) in [6.07, 6.45) is 0. The van der Waals surface area contributed by atoms with Gasteiger partial charge in [-0.2, -0.15) is 0 Å². The van der Waals surface area contributed by atoms with Crippen LogP contribution in [0.2, 0.25) is 0 Å². The van der Waals surface area contributed by atoms with E-state index >= 15 is 0 Å². The SMILES string of the molecule is CCNC(=O)c1cccc(NC(=O)COC(=O)COc2ccccc2C(C)(C)C)c1. The lowest BCUT2D eigenvalue weighted by Crippen LogP contribution is -2.25. The molecule has 2 aromatic carbocycles. The molecular weight excluding hydrogens is 384 g/mol. The molecule has 30 heavy (non-hydrogen) atoms. The van der Waals surface area contributed by atoms with E-state index in [4.69, 9.17) is 9.47 Å². The van der Waals surface area contributed by atoms with Crippen LogP contribution in [0.1, 0.15) is 43.6 Å². The number of amides is 2. The molecule has 0 heterocycles. The zero-order valence-electron chi connectivity index (χ0n) is 17.8. The Bertz CT molecular complexity index is 902. The predicted molar refractivity (Wildman–Crippen MR) is 115 cm³/mol. The molecule has 7 heteroatoms. The van der Waals surface area contributed by atoms with Crippen LogP contribution in [-0.2, 0) is 19.7 Å². The summed E-state index contributed by atoms with van der Waals surface area (Å²) in [7, 11) is 0. The average Bonchev–Trinajstić information content (AvgIpc) is 2.70. The number of anilines is 1. The number of ether oxygens (including phenoxy) is 2. The Kier molecular flexibility index (Phi) is 7.98. The van der Waals surface area contributed by atoms with E-state index in [2.05, 4.69) is 31.4 Å². The van der Waals surface area contributed by atoms with E-state index in [0.717, 1.165) is 5.56 Å². The van der Waals surface area contributed by atoms with Gasteiger partial charge in [-0.05, 0) is 42.2 Å². The normalized spacial score (nSPS) is 10.8. The largest absolute Gasteiger partial charge is 0.482 e. The molecule has 0 aromatic heterocycles. The molecule has 0 atom stereocenters. The van der Waals surface area contributed by atoms with Gasteiger partial charge in [0.25, 0.3) is 11.8 Å². The van der Waals surface area contributed by atoms with Crippen molar-refractivity contribution in [2.45, 2.75) is 33.1 Å². The van der Waals surface area contributed by atoms with Crippen LogP contribution in [0, 0.1) is 0 Å². The van der Waals surface area contributed by atoms with Gasteiger partial charge in [-0.15, -0.1) is 0 Å². The van der Waals surface area contributed by atoms with Crippen molar-refractivity contribution in [2.24, 2.45) is 0 Å². The highest BCUT2D eigenvalue weighted by molar-refractivity contribution is 5.97. The van der Waals surface area contributed by atoms with Crippen molar-refractivity contribution < 1.29 is 23.9 Å². The van der Waals surface area contributed by atoms with Gasteiger partial charge in [0, 0.05) is 17.8 Å². The first-order valence-electron chi connectivity index (χ1n) is 9.76. The third kappa shape index (κ3) is 6.92. The number of carbonyl (C=O) groups is 3. The first-order chi connectivity index (χ1) is 14.2. The van der Waals surface area contributed by atoms with Crippen LogP contribution in [0.5, 0.6) is 5.75 Å². The maximum absolute atomic E-state index is 12.1. The minimum Gasteiger partial charge on any atom is -0.482 e. The van der Waals surface area contributed by atoms with Gasteiger partial charge >= 0.3 is 5.97 Å². The highest BCUT2D eigenvalue weighted by Crippen LogP contribution is 2.30. The van der Waals surface area contributed by atoms with Crippen molar-refractivity contribution in [1.82, 2.24) is 5.32 Å². The Labute approximate surface area is 176 Å². The molecule has 2 aromatic rings. The number of para-hydroxylation sites is 1. The lowest BCUT2D eigenvalue weighted by atomic mass is 9.86. The van der Waals surface area contributed by atoms with Gasteiger partial charge in [-0.25, -0.2) is 4.79 Å². The molecule has 0 saturated carbocycles. The van der Waals surface area contributed by atoms with Gasteiger partial charge < -0.3 is 20.1 Å². The molecule has 0 unspecified atom stereocenters. The van der Waals surface area contributed by atoms with Crippen LogP contribution in [0.3, 0.4) is 0 Å². The molecule has 0 saturated heterocycles. The lowest BCUT2D eigenvalue weighted by molar-refractivity contribution is -0.149. The van der Waals surface area contributed by atoms with Crippen molar-refractivity contribution in [2.75, 3.05) is 25.1 Å². The highest BCUT2D eigenvalue weighted by atomic mass is 16.6. The smallest absolute Gasteiger partial charge is 0.344 e. The summed E-state index contributed by atoms with van der Waals surface area (Å²) >= 11 is 0. The minimum absolute atomic E-state index is 0.136. The van der Waals surface area contributed by atoms with Crippen LogP contribution >= 0.6 is 0 Å². The third-order valence-electron chi connectivity index (χ3n) is 4.15. The second-order valence-corrected chi connectivity index (χ2v) is 7.68. The van der Waals surface area contributed by atoms with Crippen LogP contribution in [0.15, 0.2) is 48.5 Å². The molecule has 160 valence electrons. The number of rotatable bonds is 8. The summed E-state index contributed by atoms with van der Waals surface area (Å²) in [5.74, 6) is -0.780. The van der Waals surface area contributed by atoms with Crippen molar-refractivity contribution in [3.05, 3.63) is 59.7 Å². The molecule has 2 amide bonds. The molecule has 0 fully saturated rings. The van der Waals surface area contributed by atoms with Crippen molar-refractivity contribution >= 4 is 23.5 Å². The maximum atomic E-state index is 12.1. The zero-order chi connectivity index (χ0) is 22.1. The first kappa shape index (κ1) is 22.9. The van der Waals surface area contributed by atoms with Crippen molar-refractivity contribution in [3.63, 3.8) is 0 Å². The van der Waals surface area contributed by atoms with Crippen molar-refractivity contribution in [3.8, 4) is 5.75 Å². The van der Waals surface area contributed by atoms with Gasteiger partial charge in [0.05, 0.1) is 0 Å². The quantitative estimate of drug-likeness (QED) is 0.649. The Hall–Kier alpha value is -3.35. The van der Waals surface area contributed by atoms with Gasteiger partial charge in [0.15, 0.2) is 13.2 Å². The fourth-order valence-corrected chi connectivity index (χ4v) is 2.73. The molecule has 0 aliphatic heterocycles. The summed E-state index contributed by atoms with van der Waals surface area (Å²) in [6, 6.07) is 14.0.